The summed E-state index contributed by atoms with van der Waals surface area (Å²) in [5.41, 5.74) is 1.47. The Morgan fingerprint density at radius 2 is 1.62 bits per heavy atom. The minimum Gasteiger partial charge on any atom is -0.348 e. The number of piperidine rings is 1. The van der Waals surface area contributed by atoms with Crippen molar-refractivity contribution >= 4 is 24.1 Å². The van der Waals surface area contributed by atoms with Crippen LogP contribution in [0.5, 0.6) is 0 Å². The summed E-state index contributed by atoms with van der Waals surface area (Å²) >= 11 is 0. The second-order valence-corrected chi connectivity index (χ2v) is 5.76. The van der Waals surface area contributed by atoms with Crippen LogP contribution < -0.4 is 10.6 Å². The molecule has 0 saturated carbocycles. The van der Waals surface area contributed by atoms with Gasteiger partial charge in [0.2, 0.25) is 0 Å². The zero-order valence-electron chi connectivity index (χ0n) is 13.3. The van der Waals surface area contributed by atoms with Gasteiger partial charge >= 0.3 is 0 Å². The van der Waals surface area contributed by atoms with Crippen molar-refractivity contribution in [1.29, 1.82) is 0 Å². The fourth-order valence-corrected chi connectivity index (χ4v) is 2.86. The molecule has 1 heterocycles. The molecular formula is C19H21ClN2O2. The Morgan fingerprint density at radius 3 is 2.29 bits per heavy atom. The standard InChI is InChI=1S/C19H20N2O2.ClH/c22-18(14-7-2-1-3-8-14)16-10-4-5-11-17(16)19(23)21-15-9-6-12-20-13-15;/h1-5,7-8,10-11,15,20H,6,9,12-13H2,(H,21,23);1H. The number of hydrogen-bond donors (Lipinski definition) is 2. The first-order valence-electron chi connectivity index (χ1n) is 7.96. The van der Waals surface area contributed by atoms with Crippen LogP contribution in [0.25, 0.3) is 0 Å². The first-order valence-corrected chi connectivity index (χ1v) is 7.96. The summed E-state index contributed by atoms with van der Waals surface area (Å²) in [5, 5.41) is 6.30. The average Bonchev–Trinajstić information content (AvgIpc) is 2.62. The molecule has 1 amide bonds. The van der Waals surface area contributed by atoms with Gasteiger partial charge in [0.05, 0.1) is 5.56 Å². The van der Waals surface area contributed by atoms with E-state index in [2.05, 4.69) is 10.6 Å². The third kappa shape index (κ3) is 4.22. The maximum atomic E-state index is 12.7. The van der Waals surface area contributed by atoms with Gasteiger partial charge in [-0.1, -0.05) is 48.5 Å². The molecule has 1 atom stereocenters. The van der Waals surface area contributed by atoms with Gasteiger partial charge in [-0.15, -0.1) is 12.4 Å². The highest BCUT2D eigenvalue weighted by Gasteiger charge is 2.21. The van der Waals surface area contributed by atoms with Crippen LogP contribution in [-0.2, 0) is 0 Å². The number of carbonyl (C=O) groups excluding carboxylic acids is 2. The minimum atomic E-state index is -0.182. The quantitative estimate of drug-likeness (QED) is 0.838. The largest absolute Gasteiger partial charge is 0.348 e. The summed E-state index contributed by atoms with van der Waals surface area (Å²) in [6.07, 6.45) is 2.02. The Kier molecular flexibility index (Phi) is 6.53. The molecule has 1 aliphatic rings. The van der Waals surface area contributed by atoms with Crippen molar-refractivity contribution in [2.24, 2.45) is 0 Å². The number of carbonyl (C=O) groups is 2. The van der Waals surface area contributed by atoms with Crippen LogP contribution in [0.2, 0.25) is 0 Å². The zero-order valence-corrected chi connectivity index (χ0v) is 14.1. The zero-order chi connectivity index (χ0) is 16.1. The summed E-state index contributed by atoms with van der Waals surface area (Å²) < 4.78 is 0. The maximum Gasteiger partial charge on any atom is 0.252 e. The van der Waals surface area contributed by atoms with Crippen LogP contribution >= 0.6 is 12.4 Å². The van der Waals surface area contributed by atoms with E-state index in [4.69, 9.17) is 0 Å². The Labute approximate surface area is 148 Å². The van der Waals surface area contributed by atoms with Gasteiger partial charge in [-0.05, 0) is 25.5 Å². The maximum absolute atomic E-state index is 12.7. The number of hydrogen-bond acceptors (Lipinski definition) is 3. The van der Waals surface area contributed by atoms with Crippen molar-refractivity contribution in [2.75, 3.05) is 13.1 Å². The second kappa shape index (κ2) is 8.62. The van der Waals surface area contributed by atoms with Gasteiger partial charge in [0.15, 0.2) is 5.78 Å². The van der Waals surface area contributed by atoms with E-state index < -0.39 is 0 Å². The summed E-state index contributed by atoms with van der Waals surface area (Å²) in [5.74, 6) is -0.309. The van der Waals surface area contributed by atoms with Gasteiger partial charge in [0, 0.05) is 23.7 Å². The number of ketones is 1. The lowest BCUT2D eigenvalue weighted by Crippen LogP contribution is -2.45. The molecule has 0 aromatic heterocycles. The molecule has 0 bridgehead atoms. The van der Waals surface area contributed by atoms with Crippen molar-refractivity contribution in [1.82, 2.24) is 10.6 Å². The monoisotopic (exact) mass is 344 g/mol. The van der Waals surface area contributed by atoms with E-state index in [1.165, 1.54) is 0 Å². The third-order valence-corrected chi connectivity index (χ3v) is 4.08. The Bertz CT molecular complexity index is 698. The van der Waals surface area contributed by atoms with E-state index >= 15 is 0 Å². The topological polar surface area (TPSA) is 58.2 Å². The third-order valence-electron chi connectivity index (χ3n) is 4.08. The van der Waals surface area contributed by atoms with Crippen molar-refractivity contribution in [3.63, 3.8) is 0 Å². The molecule has 2 aromatic rings. The van der Waals surface area contributed by atoms with Crippen LogP contribution in [0, 0.1) is 0 Å². The second-order valence-electron chi connectivity index (χ2n) is 5.76. The van der Waals surface area contributed by atoms with Gasteiger partial charge in [-0.25, -0.2) is 0 Å². The van der Waals surface area contributed by atoms with Crippen LogP contribution in [0.4, 0.5) is 0 Å². The number of halogens is 1. The fraction of sp³-hybridized carbons (Fsp3) is 0.263. The lowest BCUT2D eigenvalue weighted by molar-refractivity contribution is 0.0921. The van der Waals surface area contributed by atoms with Gasteiger partial charge in [0.1, 0.15) is 0 Å². The van der Waals surface area contributed by atoms with Gasteiger partial charge in [-0.3, -0.25) is 9.59 Å². The molecule has 1 saturated heterocycles. The number of nitrogens with one attached hydrogen (secondary N) is 2. The van der Waals surface area contributed by atoms with Crippen molar-refractivity contribution < 1.29 is 9.59 Å². The molecule has 0 radical (unpaired) electrons. The minimum absolute atomic E-state index is 0. The molecule has 24 heavy (non-hydrogen) atoms. The smallest absolute Gasteiger partial charge is 0.252 e. The molecule has 126 valence electrons. The number of rotatable bonds is 4. The molecular weight excluding hydrogens is 324 g/mol. The highest BCUT2D eigenvalue weighted by atomic mass is 35.5. The Morgan fingerprint density at radius 1 is 0.958 bits per heavy atom. The molecule has 2 aromatic carbocycles. The number of benzene rings is 2. The first-order chi connectivity index (χ1) is 11.3. The van der Waals surface area contributed by atoms with E-state index in [0.717, 1.165) is 25.9 Å². The highest BCUT2D eigenvalue weighted by molar-refractivity contribution is 6.15. The Balaban J connectivity index is 0.00000208. The van der Waals surface area contributed by atoms with Crippen LogP contribution in [0.1, 0.15) is 39.1 Å². The van der Waals surface area contributed by atoms with E-state index in [1.807, 2.05) is 18.2 Å². The van der Waals surface area contributed by atoms with E-state index in [9.17, 15) is 9.59 Å². The predicted octanol–water partition coefficient (Wildman–Crippen LogP) is 2.82. The predicted molar refractivity (Wildman–Crippen MR) is 96.9 cm³/mol. The molecule has 0 spiro atoms. The summed E-state index contributed by atoms with van der Waals surface area (Å²) in [7, 11) is 0. The fourth-order valence-electron chi connectivity index (χ4n) is 2.86. The lowest BCUT2D eigenvalue weighted by atomic mass is 9.97. The van der Waals surface area contributed by atoms with Crippen molar-refractivity contribution in [2.45, 2.75) is 18.9 Å². The summed E-state index contributed by atoms with van der Waals surface area (Å²) in [6.45, 7) is 1.77. The van der Waals surface area contributed by atoms with Crippen LogP contribution in [-0.4, -0.2) is 30.8 Å². The summed E-state index contributed by atoms with van der Waals surface area (Å²) in [4.78, 5) is 25.2. The SMILES string of the molecule is Cl.O=C(NC1CCCNC1)c1ccccc1C(=O)c1ccccc1. The van der Waals surface area contributed by atoms with Gasteiger partial charge in [-0.2, -0.15) is 0 Å². The van der Waals surface area contributed by atoms with Gasteiger partial charge in [0.25, 0.3) is 5.91 Å². The first kappa shape index (κ1) is 18.2. The molecule has 5 heteroatoms. The normalized spacial score (nSPS) is 16.8. The lowest BCUT2D eigenvalue weighted by Gasteiger charge is -2.24. The molecule has 0 aliphatic carbocycles. The summed E-state index contributed by atoms with van der Waals surface area (Å²) in [6, 6.07) is 16.2. The molecule has 3 rings (SSSR count). The van der Waals surface area contributed by atoms with Crippen LogP contribution in [0.3, 0.4) is 0 Å². The van der Waals surface area contributed by atoms with Crippen LogP contribution in [0.15, 0.2) is 54.6 Å². The van der Waals surface area contributed by atoms with E-state index in [-0.39, 0.29) is 30.1 Å². The Hall–Kier alpha value is -2.17. The van der Waals surface area contributed by atoms with Gasteiger partial charge < -0.3 is 10.6 Å². The van der Waals surface area contributed by atoms with E-state index in [1.54, 1.807) is 36.4 Å². The molecule has 1 unspecified atom stereocenters. The highest BCUT2D eigenvalue weighted by Crippen LogP contribution is 2.15. The van der Waals surface area contributed by atoms with Crippen molar-refractivity contribution in [3.05, 3.63) is 71.3 Å². The number of amides is 1. The van der Waals surface area contributed by atoms with Crippen molar-refractivity contribution in [3.8, 4) is 0 Å². The molecule has 1 fully saturated rings. The average molecular weight is 345 g/mol. The molecule has 1 aliphatic heterocycles. The van der Waals surface area contributed by atoms with E-state index in [0.29, 0.717) is 16.7 Å². The molecule has 4 nitrogen and oxygen atoms in total. The molecule has 2 N–H and O–H groups in total.